The van der Waals surface area contributed by atoms with Gasteiger partial charge >= 0.3 is 0 Å². The van der Waals surface area contributed by atoms with E-state index in [-0.39, 0.29) is 0 Å². The van der Waals surface area contributed by atoms with Crippen molar-refractivity contribution >= 4 is 0 Å². The molecular weight excluding hydrogens is 194 g/mol. The molecule has 0 amide bonds. The van der Waals surface area contributed by atoms with Crippen LogP contribution in [0.3, 0.4) is 0 Å². The Balaban J connectivity index is 0.00000106. The van der Waals surface area contributed by atoms with Crippen LogP contribution in [0.4, 0.5) is 0 Å². The van der Waals surface area contributed by atoms with Crippen LogP contribution in [0.25, 0.3) is 0 Å². The Kier molecular flexibility index (Phi) is 10.1. The summed E-state index contributed by atoms with van der Waals surface area (Å²) in [4.78, 5) is 2.58. The first kappa shape index (κ1) is 16.0. The molecule has 1 rings (SSSR count). The third-order valence-corrected chi connectivity index (χ3v) is 3.51. The van der Waals surface area contributed by atoms with Gasteiger partial charge in [0.05, 0.1) is 0 Å². The van der Waals surface area contributed by atoms with Crippen molar-refractivity contribution in [1.82, 2.24) is 4.90 Å². The van der Waals surface area contributed by atoms with Gasteiger partial charge in [0.2, 0.25) is 0 Å². The average Bonchev–Trinajstić information content (AvgIpc) is 3.14. The minimum Gasteiger partial charge on any atom is -0.303 e. The second-order valence-corrected chi connectivity index (χ2v) is 4.94. The van der Waals surface area contributed by atoms with Gasteiger partial charge in [-0.25, -0.2) is 0 Å². The van der Waals surface area contributed by atoms with Crippen molar-refractivity contribution < 1.29 is 0 Å². The van der Waals surface area contributed by atoms with Gasteiger partial charge in [-0.05, 0) is 32.2 Å². The highest BCUT2D eigenvalue weighted by atomic mass is 15.1. The quantitative estimate of drug-likeness (QED) is 0.543. The Labute approximate surface area is 104 Å². The highest BCUT2D eigenvalue weighted by Gasteiger charge is 2.26. The van der Waals surface area contributed by atoms with E-state index in [2.05, 4.69) is 25.8 Å². The van der Waals surface area contributed by atoms with E-state index in [4.69, 9.17) is 0 Å². The second kappa shape index (κ2) is 10.1. The van der Waals surface area contributed by atoms with E-state index in [1.165, 1.54) is 51.5 Å². The number of hydrogen-bond donors (Lipinski definition) is 0. The van der Waals surface area contributed by atoms with Crippen molar-refractivity contribution in [2.75, 3.05) is 13.6 Å². The standard InChI is InChI=1S/C13H27N.C2H6/c1-4-6-7-8-12(5-2)11-14(3)13-9-10-13;1-2/h12-13H,4-11H2,1-3H3;1-2H3. The maximum Gasteiger partial charge on any atom is 0.00934 e. The largest absolute Gasteiger partial charge is 0.303 e. The molecular formula is C15H33N. The van der Waals surface area contributed by atoms with E-state index in [1.54, 1.807) is 0 Å². The van der Waals surface area contributed by atoms with E-state index in [0.717, 1.165) is 12.0 Å². The van der Waals surface area contributed by atoms with Gasteiger partial charge in [0, 0.05) is 12.6 Å². The van der Waals surface area contributed by atoms with Gasteiger partial charge in [0.25, 0.3) is 0 Å². The summed E-state index contributed by atoms with van der Waals surface area (Å²) in [6.07, 6.45) is 9.91. The molecule has 98 valence electrons. The second-order valence-electron chi connectivity index (χ2n) is 4.94. The van der Waals surface area contributed by atoms with Crippen molar-refractivity contribution in [3.63, 3.8) is 0 Å². The Morgan fingerprint density at radius 3 is 2.19 bits per heavy atom. The zero-order valence-corrected chi connectivity index (χ0v) is 12.3. The summed E-state index contributed by atoms with van der Waals surface area (Å²) < 4.78 is 0. The molecule has 0 aromatic carbocycles. The molecule has 1 heteroatoms. The van der Waals surface area contributed by atoms with Crippen molar-refractivity contribution in [2.45, 2.75) is 78.7 Å². The lowest BCUT2D eigenvalue weighted by atomic mass is 9.98. The smallest absolute Gasteiger partial charge is 0.00934 e. The SMILES string of the molecule is CC.CCCCCC(CC)CN(C)C1CC1. The minimum atomic E-state index is 0.940. The third kappa shape index (κ3) is 7.27. The predicted molar refractivity (Wildman–Crippen MR) is 74.9 cm³/mol. The van der Waals surface area contributed by atoms with Crippen LogP contribution in [-0.4, -0.2) is 24.5 Å². The van der Waals surface area contributed by atoms with Crippen molar-refractivity contribution in [1.29, 1.82) is 0 Å². The van der Waals surface area contributed by atoms with E-state index < -0.39 is 0 Å². The van der Waals surface area contributed by atoms with E-state index in [0.29, 0.717) is 0 Å². The third-order valence-electron chi connectivity index (χ3n) is 3.51. The number of hydrogen-bond acceptors (Lipinski definition) is 1. The van der Waals surface area contributed by atoms with Crippen LogP contribution in [0.1, 0.15) is 72.6 Å². The Morgan fingerprint density at radius 1 is 1.12 bits per heavy atom. The number of rotatable bonds is 8. The molecule has 0 heterocycles. The molecule has 1 atom stereocenters. The van der Waals surface area contributed by atoms with Gasteiger partial charge in [0.15, 0.2) is 0 Å². The van der Waals surface area contributed by atoms with Crippen LogP contribution < -0.4 is 0 Å². The van der Waals surface area contributed by atoms with E-state index >= 15 is 0 Å². The lowest BCUT2D eigenvalue weighted by Crippen LogP contribution is -2.27. The molecule has 0 spiro atoms. The zero-order chi connectivity index (χ0) is 12.4. The summed E-state index contributed by atoms with van der Waals surface area (Å²) in [6.45, 7) is 9.97. The Hall–Kier alpha value is -0.0400. The molecule has 0 saturated heterocycles. The topological polar surface area (TPSA) is 3.24 Å². The zero-order valence-electron chi connectivity index (χ0n) is 12.3. The molecule has 0 aromatic rings. The molecule has 0 bridgehead atoms. The van der Waals surface area contributed by atoms with Crippen LogP contribution in [-0.2, 0) is 0 Å². The first-order chi connectivity index (χ1) is 7.77. The predicted octanol–water partition coefficient (Wildman–Crippen LogP) is 4.71. The van der Waals surface area contributed by atoms with Crippen LogP contribution in [0.15, 0.2) is 0 Å². The Morgan fingerprint density at radius 2 is 1.75 bits per heavy atom. The summed E-state index contributed by atoms with van der Waals surface area (Å²) in [7, 11) is 2.31. The van der Waals surface area contributed by atoms with Gasteiger partial charge in [-0.3, -0.25) is 0 Å². The monoisotopic (exact) mass is 227 g/mol. The van der Waals surface area contributed by atoms with Gasteiger partial charge in [-0.15, -0.1) is 0 Å². The fourth-order valence-corrected chi connectivity index (χ4v) is 2.18. The molecule has 16 heavy (non-hydrogen) atoms. The summed E-state index contributed by atoms with van der Waals surface area (Å²) in [6, 6.07) is 0.940. The van der Waals surface area contributed by atoms with Crippen LogP contribution >= 0.6 is 0 Å². The minimum absolute atomic E-state index is 0.940. The molecule has 1 saturated carbocycles. The lowest BCUT2D eigenvalue weighted by Gasteiger charge is -2.22. The fourth-order valence-electron chi connectivity index (χ4n) is 2.18. The lowest BCUT2D eigenvalue weighted by molar-refractivity contribution is 0.251. The molecule has 1 nitrogen and oxygen atoms in total. The van der Waals surface area contributed by atoms with Gasteiger partial charge in [-0.2, -0.15) is 0 Å². The summed E-state index contributed by atoms with van der Waals surface area (Å²) in [5.41, 5.74) is 0. The van der Waals surface area contributed by atoms with Crippen LogP contribution in [0.5, 0.6) is 0 Å². The maximum atomic E-state index is 2.58. The molecule has 1 fully saturated rings. The highest BCUT2D eigenvalue weighted by Crippen LogP contribution is 2.27. The van der Waals surface area contributed by atoms with Gasteiger partial charge < -0.3 is 4.90 Å². The average molecular weight is 227 g/mol. The van der Waals surface area contributed by atoms with E-state index in [9.17, 15) is 0 Å². The first-order valence-electron chi connectivity index (χ1n) is 7.48. The van der Waals surface area contributed by atoms with Crippen molar-refractivity contribution in [2.24, 2.45) is 5.92 Å². The summed E-state index contributed by atoms with van der Waals surface area (Å²) in [5.74, 6) is 0.951. The first-order valence-corrected chi connectivity index (χ1v) is 7.48. The van der Waals surface area contributed by atoms with Gasteiger partial charge in [-0.1, -0.05) is 53.4 Å². The summed E-state index contributed by atoms with van der Waals surface area (Å²) in [5, 5.41) is 0. The molecule has 0 aromatic heterocycles. The van der Waals surface area contributed by atoms with Crippen molar-refractivity contribution in [3.05, 3.63) is 0 Å². The molecule has 1 aliphatic rings. The molecule has 0 N–H and O–H groups in total. The molecule has 1 aliphatic carbocycles. The van der Waals surface area contributed by atoms with Crippen LogP contribution in [0, 0.1) is 5.92 Å². The summed E-state index contributed by atoms with van der Waals surface area (Å²) >= 11 is 0. The van der Waals surface area contributed by atoms with E-state index in [1.807, 2.05) is 13.8 Å². The van der Waals surface area contributed by atoms with Gasteiger partial charge in [0.1, 0.15) is 0 Å². The van der Waals surface area contributed by atoms with Crippen LogP contribution in [0.2, 0.25) is 0 Å². The number of unbranched alkanes of at least 4 members (excludes halogenated alkanes) is 2. The fraction of sp³-hybridized carbons (Fsp3) is 1.00. The molecule has 0 aliphatic heterocycles. The highest BCUT2D eigenvalue weighted by molar-refractivity contribution is 4.83. The number of nitrogens with zero attached hydrogens (tertiary/aromatic N) is 1. The molecule has 0 radical (unpaired) electrons. The Bertz CT molecular complexity index is 140. The normalized spacial score (nSPS) is 16.9. The maximum absolute atomic E-state index is 2.58. The molecule has 1 unspecified atom stereocenters. The van der Waals surface area contributed by atoms with Crippen molar-refractivity contribution in [3.8, 4) is 0 Å².